The highest BCUT2D eigenvalue weighted by atomic mass is 79.9. The fourth-order valence-electron chi connectivity index (χ4n) is 1.32. The van der Waals surface area contributed by atoms with Gasteiger partial charge in [-0.25, -0.2) is 4.39 Å². The Balaban J connectivity index is 2.19. The highest BCUT2D eigenvalue weighted by molar-refractivity contribution is 9.10. The summed E-state index contributed by atoms with van der Waals surface area (Å²) in [6.45, 7) is 0.884. The van der Waals surface area contributed by atoms with Gasteiger partial charge >= 0.3 is 0 Å². The number of rotatable bonds is 7. The van der Waals surface area contributed by atoms with Gasteiger partial charge in [-0.2, -0.15) is 0 Å². The lowest BCUT2D eigenvalue weighted by Gasteiger charge is -2.06. The average Bonchev–Trinajstić information content (AvgIpc) is 2.28. The summed E-state index contributed by atoms with van der Waals surface area (Å²) in [7, 11) is 0. The number of aliphatic hydroxyl groups excluding tert-OH is 1. The van der Waals surface area contributed by atoms with Gasteiger partial charge in [0.1, 0.15) is 11.6 Å². The summed E-state index contributed by atoms with van der Waals surface area (Å²) in [5, 5.41) is 8.59. The van der Waals surface area contributed by atoms with Crippen molar-refractivity contribution in [1.29, 1.82) is 0 Å². The Morgan fingerprint density at radius 3 is 2.62 bits per heavy atom. The van der Waals surface area contributed by atoms with Crippen LogP contribution in [0, 0.1) is 5.82 Å². The van der Waals surface area contributed by atoms with Crippen LogP contribution in [0.4, 0.5) is 4.39 Å². The Labute approximate surface area is 104 Å². The highest BCUT2D eigenvalue weighted by Gasteiger charge is 2.00. The normalized spacial score (nSPS) is 10.4. The van der Waals surface area contributed by atoms with E-state index in [1.54, 1.807) is 12.1 Å². The molecule has 0 aliphatic rings. The Morgan fingerprint density at radius 1 is 1.19 bits per heavy atom. The third kappa shape index (κ3) is 4.94. The Hall–Kier alpha value is -0.610. The van der Waals surface area contributed by atoms with E-state index in [0.717, 1.165) is 25.7 Å². The van der Waals surface area contributed by atoms with E-state index in [-0.39, 0.29) is 12.4 Å². The van der Waals surface area contributed by atoms with Gasteiger partial charge in [0.2, 0.25) is 0 Å². The van der Waals surface area contributed by atoms with Crippen molar-refractivity contribution in [2.24, 2.45) is 0 Å². The molecule has 0 saturated carbocycles. The zero-order valence-corrected chi connectivity index (χ0v) is 10.7. The minimum atomic E-state index is -0.282. The molecule has 1 N–H and O–H groups in total. The molecule has 0 aliphatic carbocycles. The van der Waals surface area contributed by atoms with Crippen molar-refractivity contribution in [3.63, 3.8) is 0 Å². The topological polar surface area (TPSA) is 29.5 Å². The summed E-state index contributed by atoms with van der Waals surface area (Å²) in [4.78, 5) is 0. The van der Waals surface area contributed by atoms with Crippen molar-refractivity contribution in [3.05, 3.63) is 28.5 Å². The number of ether oxygens (including phenoxy) is 1. The van der Waals surface area contributed by atoms with Crippen LogP contribution in [-0.2, 0) is 0 Å². The van der Waals surface area contributed by atoms with Gasteiger partial charge in [-0.1, -0.05) is 6.42 Å². The summed E-state index contributed by atoms with van der Waals surface area (Å²) in [6.07, 6.45) is 3.87. The van der Waals surface area contributed by atoms with Crippen molar-refractivity contribution in [1.82, 2.24) is 0 Å². The molecule has 2 nitrogen and oxygen atoms in total. The molecule has 1 aromatic carbocycles. The molecule has 0 aromatic heterocycles. The average molecular weight is 291 g/mol. The van der Waals surface area contributed by atoms with Gasteiger partial charge in [-0.05, 0) is 53.4 Å². The lowest BCUT2D eigenvalue weighted by atomic mass is 10.2. The molecule has 0 bridgehead atoms. The molecule has 0 fully saturated rings. The quantitative estimate of drug-likeness (QED) is 0.779. The number of hydrogen-bond acceptors (Lipinski definition) is 2. The van der Waals surface area contributed by atoms with Crippen LogP contribution in [0.15, 0.2) is 22.7 Å². The standard InChI is InChI=1S/C12H16BrFO2/c13-11-9-10(5-6-12(11)14)16-8-4-2-1-3-7-15/h5-6,9,15H,1-4,7-8H2. The van der Waals surface area contributed by atoms with Crippen molar-refractivity contribution in [2.75, 3.05) is 13.2 Å². The van der Waals surface area contributed by atoms with Crippen molar-refractivity contribution in [3.8, 4) is 5.75 Å². The predicted molar refractivity (Wildman–Crippen MR) is 65.1 cm³/mol. The Bertz CT molecular complexity index is 318. The summed E-state index contributed by atoms with van der Waals surface area (Å²) in [6, 6.07) is 4.63. The summed E-state index contributed by atoms with van der Waals surface area (Å²) >= 11 is 3.11. The van der Waals surface area contributed by atoms with Crippen molar-refractivity contribution >= 4 is 15.9 Å². The van der Waals surface area contributed by atoms with Gasteiger partial charge in [-0.15, -0.1) is 0 Å². The van der Waals surface area contributed by atoms with Crippen LogP contribution < -0.4 is 4.74 Å². The molecule has 0 aliphatic heterocycles. The molecule has 0 saturated heterocycles. The van der Waals surface area contributed by atoms with Crippen LogP contribution >= 0.6 is 15.9 Å². The van der Waals surface area contributed by atoms with Crippen LogP contribution in [0.25, 0.3) is 0 Å². The minimum absolute atomic E-state index is 0.256. The first-order valence-corrected chi connectivity index (χ1v) is 6.22. The monoisotopic (exact) mass is 290 g/mol. The molecule has 0 spiro atoms. The van der Waals surface area contributed by atoms with Gasteiger partial charge < -0.3 is 9.84 Å². The van der Waals surface area contributed by atoms with Crippen LogP contribution in [0.2, 0.25) is 0 Å². The van der Waals surface area contributed by atoms with E-state index in [9.17, 15) is 4.39 Å². The molecule has 0 atom stereocenters. The van der Waals surface area contributed by atoms with Crippen molar-refractivity contribution < 1.29 is 14.2 Å². The molecule has 16 heavy (non-hydrogen) atoms. The van der Waals surface area contributed by atoms with E-state index >= 15 is 0 Å². The zero-order valence-electron chi connectivity index (χ0n) is 9.09. The highest BCUT2D eigenvalue weighted by Crippen LogP contribution is 2.21. The minimum Gasteiger partial charge on any atom is -0.494 e. The zero-order chi connectivity index (χ0) is 11.8. The van der Waals surface area contributed by atoms with Crippen LogP contribution in [0.3, 0.4) is 0 Å². The maximum Gasteiger partial charge on any atom is 0.137 e. The maximum absolute atomic E-state index is 12.9. The molecule has 0 heterocycles. The first-order valence-electron chi connectivity index (χ1n) is 5.43. The molecule has 1 aromatic rings. The number of benzene rings is 1. The fraction of sp³-hybridized carbons (Fsp3) is 0.500. The molecule has 0 unspecified atom stereocenters. The molecular formula is C12H16BrFO2. The maximum atomic E-state index is 12.9. The largest absolute Gasteiger partial charge is 0.494 e. The van der Waals surface area contributed by atoms with E-state index in [0.29, 0.717) is 16.8 Å². The third-order valence-corrected chi connectivity index (χ3v) is 2.82. The summed E-state index contributed by atoms with van der Waals surface area (Å²) in [5.74, 6) is 0.394. The number of halogens is 2. The lowest BCUT2D eigenvalue weighted by Crippen LogP contribution is -1.97. The summed E-state index contributed by atoms with van der Waals surface area (Å²) < 4.78 is 18.8. The molecule has 4 heteroatoms. The molecule has 90 valence electrons. The number of hydrogen-bond donors (Lipinski definition) is 1. The Kier molecular flexibility index (Phi) is 6.42. The van der Waals surface area contributed by atoms with Crippen LogP contribution in [-0.4, -0.2) is 18.3 Å². The van der Waals surface area contributed by atoms with Gasteiger partial charge in [0.15, 0.2) is 0 Å². The smallest absolute Gasteiger partial charge is 0.137 e. The molecule has 0 amide bonds. The van der Waals surface area contributed by atoms with Gasteiger partial charge in [0.25, 0.3) is 0 Å². The van der Waals surface area contributed by atoms with Crippen LogP contribution in [0.5, 0.6) is 5.75 Å². The van der Waals surface area contributed by atoms with Crippen molar-refractivity contribution in [2.45, 2.75) is 25.7 Å². The number of unbranched alkanes of at least 4 members (excludes halogenated alkanes) is 3. The Morgan fingerprint density at radius 2 is 1.94 bits per heavy atom. The fourth-order valence-corrected chi connectivity index (χ4v) is 1.68. The molecule has 0 radical (unpaired) electrons. The van der Waals surface area contributed by atoms with E-state index in [2.05, 4.69) is 15.9 Å². The lowest BCUT2D eigenvalue weighted by molar-refractivity contribution is 0.273. The molecule has 1 rings (SSSR count). The summed E-state index contributed by atoms with van der Waals surface area (Å²) in [5.41, 5.74) is 0. The molecular weight excluding hydrogens is 275 g/mol. The van der Waals surface area contributed by atoms with E-state index in [1.165, 1.54) is 6.07 Å². The second kappa shape index (κ2) is 7.63. The SMILES string of the molecule is OCCCCCCOc1ccc(F)c(Br)c1. The first kappa shape index (κ1) is 13.5. The van der Waals surface area contributed by atoms with E-state index in [4.69, 9.17) is 9.84 Å². The number of aliphatic hydroxyl groups is 1. The second-order valence-corrected chi connectivity index (χ2v) is 4.42. The van der Waals surface area contributed by atoms with E-state index < -0.39 is 0 Å². The predicted octanol–water partition coefficient (Wildman–Crippen LogP) is 3.52. The van der Waals surface area contributed by atoms with E-state index in [1.807, 2.05) is 0 Å². The second-order valence-electron chi connectivity index (χ2n) is 3.56. The van der Waals surface area contributed by atoms with Gasteiger partial charge in [-0.3, -0.25) is 0 Å². The van der Waals surface area contributed by atoms with Crippen LogP contribution in [0.1, 0.15) is 25.7 Å². The van der Waals surface area contributed by atoms with Gasteiger partial charge in [0.05, 0.1) is 11.1 Å². The third-order valence-electron chi connectivity index (χ3n) is 2.21. The first-order chi connectivity index (χ1) is 7.74. The van der Waals surface area contributed by atoms with Gasteiger partial charge in [0, 0.05) is 6.61 Å².